The minimum Gasteiger partial charge on any atom is -0.403 e. The highest BCUT2D eigenvalue weighted by Crippen LogP contribution is 2.23. The lowest BCUT2D eigenvalue weighted by molar-refractivity contribution is -0.385. The molecule has 156 valence electrons. The van der Waals surface area contributed by atoms with Gasteiger partial charge in [-0.05, 0) is 13.8 Å². The van der Waals surface area contributed by atoms with Gasteiger partial charge in [0.1, 0.15) is 12.3 Å². The van der Waals surface area contributed by atoms with Crippen LogP contribution < -0.4 is 5.73 Å². The SMILES string of the molecule is Cc1noc(C)c1CN=CC(=CN)N1C(=O)CN(Cc2ccccc2[N+](=O)[O-])C1=O. The Balaban J connectivity index is 1.75. The first-order valence-corrected chi connectivity index (χ1v) is 9.01. The van der Waals surface area contributed by atoms with Crippen molar-refractivity contribution in [1.82, 2.24) is 15.0 Å². The average molecular weight is 412 g/mol. The molecule has 2 aromatic rings. The molecule has 11 nitrogen and oxygen atoms in total. The number of nitro groups is 1. The van der Waals surface area contributed by atoms with Gasteiger partial charge in [-0.3, -0.25) is 19.9 Å². The van der Waals surface area contributed by atoms with Gasteiger partial charge in [-0.1, -0.05) is 23.4 Å². The van der Waals surface area contributed by atoms with Crippen LogP contribution in [0.5, 0.6) is 0 Å². The fraction of sp³-hybridized carbons (Fsp3) is 0.263. The van der Waals surface area contributed by atoms with E-state index in [0.29, 0.717) is 17.0 Å². The number of hydrogen-bond acceptors (Lipinski definition) is 8. The van der Waals surface area contributed by atoms with Crippen LogP contribution in [-0.2, 0) is 17.9 Å². The minimum atomic E-state index is -0.626. The van der Waals surface area contributed by atoms with Crippen molar-refractivity contribution in [3.63, 3.8) is 0 Å². The van der Waals surface area contributed by atoms with Crippen LogP contribution in [0.15, 0.2) is 45.7 Å². The number of urea groups is 1. The molecule has 0 radical (unpaired) electrons. The molecule has 1 aliphatic rings. The predicted octanol–water partition coefficient (Wildman–Crippen LogP) is 2.03. The van der Waals surface area contributed by atoms with Crippen LogP contribution in [0.25, 0.3) is 0 Å². The van der Waals surface area contributed by atoms with Crippen LogP contribution >= 0.6 is 0 Å². The number of rotatable bonds is 7. The topological polar surface area (TPSA) is 148 Å². The molecule has 3 rings (SSSR count). The van der Waals surface area contributed by atoms with E-state index in [1.54, 1.807) is 26.0 Å². The Bertz CT molecular complexity index is 1040. The van der Waals surface area contributed by atoms with Crippen molar-refractivity contribution >= 4 is 23.8 Å². The Morgan fingerprint density at radius 3 is 2.73 bits per heavy atom. The number of nitrogens with two attached hydrogens (primary N) is 1. The molecule has 2 heterocycles. The number of imide groups is 1. The van der Waals surface area contributed by atoms with Crippen molar-refractivity contribution < 1.29 is 19.0 Å². The lowest BCUT2D eigenvalue weighted by Gasteiger charge is -2.17. The molecule has 3 amide bonds. The number of amides is 3. The third kappa shape index (κ3) is 4.04. The van der Waals surface area contributed by atoms with E-state index in [9.17, 15) is 19.7 Å². The summed E-state index contributed by atoms with van der Waals surface area (Å²) in [5, 5.41) is 15.0. The van der Waals surface area contributed by atoms with Gasteiger partial charge in [-0.15, -0.1) is 0 Å². The molecule has 2 N–H and O–H groups in total. The molecule has 1 aromatic heterocycles. The van der Waals surface area contributed by atoms with Gasteiger partial charge in [0.2, 0.25) is 0 Å². The number of hydrogen-bond donors (Lipinski definition) is 1. The number of nitro benzene ring substituents is 1. The van der Waals surface area contributed by atoms with Crippen molar-refractivity contribution in [1.29, 1.82) is 0 Å². The Hall–Kier alpha value is -4.02. The molecule has 0 saturated carbocycles. The zero-order chi connectivity index (χ0) is 21.8. The highest BCUT2D eigenvalue weighted by Gasteiger charge is 2.38. The molecule has 0 atom stereocenters. The monoisotopic (exact) mass is 412 g/mol. The van der Waals surface area contributed by atoms with E-state index in [1.807, 2.05) is 0 Å². The number of aliphatic imine (C=N–C) groups is 1. The number of nitrogens with zero attached hydrogens (tertiary/aromatic N) is 5. The van der Waals surface area contributed by atoms with Gasteiger partial charge < -0.3 is 15.2 Å². The second kappa shape index (κ2) is 8.55. The number of aryl methyl sites for hydroxylation is 2. The normalized spacial score (nSPS) is 14.9. The summed E-state index contributed by atoms with van der Waals surface area (Å²) in [6.45, 7) is 3.49. The van der Waals surface area contributed by atoms with E-state index < -0.39 is 16.9 Å². The standard InChI is InChI=1S/C19H20N6O5/c1-12-16(13(2)30-22-12)9-21-8-15(7-20)24-18(26)11-23(19(24)27)10-14-5-3-4-6-17(14)25(28)29/h3-8H,9-11,20H2,1-2H3. The van der Waals surface area contributed by atoms with Gasteiger partial charge in [0.05, 0.1) is 29.4 Å². The van der Waals surface area contributed by atoms with Crippen molar-refractivity contribution in [2.24, 2.45) is 10.7 Å². The summed E-state index contributed by atoms with van der Waals surface area (Å²) in [6, 6.07) is 5.44. The van der Waals surface area contributed by atoms with Crippen LogP contribution in [0.3, 0.4) is 0 Å². The Morgan fingerprint density at radius 2 is 2.10 bits per heavy atom. The van der Waals surface area contributed by atoms with Crippen LogP contribution in [0.4, 0.5) is 10.5 Å². The van der Waals surface area contributed by atoms with E-state index in [0.717, 1.165) is 16.7 Å². The fourth-order valence-electron chi connectivity index (χ4n) is 3.09. The van der Waals surface area contributed by atoms with Crippen molar-refractivity contribution in [2.45, 2.75) is 26.9 Å². The molecular weight excluding hydrogens is 392 g/mol. The fourth-order valence-corrected chi connectivity index (χ4v) is 3.09. The van der Waals surface area contributed by atoms with Crippen LogP contribution in [0.2, 0.25) is 0 Å². The third-order valence-corrected chi connectivity index (χ3v) is 4.67. The van der Waals surface area contributed by atoms with Gasteiger partial charge in [0, 0.05) is 29.6 Å². The second-order valence-corrected chi connectivity index (χ2v) is 6.62. The summed E-state index contributed by atoms with van der Waals surface area (Å²) in [6.07, 6.45) is 2.44. The number of aromatic nitrogens is 1. The summed E-state index contributed by atoms with van der Waals surface area (Å²) in [5.41, 5.74) is 7.45. The Morgan fingerprint density at radius 1 is 1.37 bits per heavy atom. The van der Waals surface area contributed by atoms with E-state index in [-0.39, 0.29) is 31.0 Å². The summed E-state index contributed by atoms with van der Waals surface area (Å²) in [4.78, 5) is 42.3. The third-order valence-electron chi connectivity index (χ3n) is 4.67. The molecule has 1 aromatic carbocycles. The lowest BCUT2D eigenvalue weighted by Crippen LogP contribution is -2.33. The molecule has 11 heteroatoms. The lowest BCUT2D eigenvalue weighted by atomic mass is 10.1. The molecule has 0 aliphatic carbocycles. The number of carbonyl (C=O) groups excluding carboxylic acids is 2. The highest BCUT2D eigenvalue weighted by atomic mass is 16.6. The first-order chi connectivity index (χ1) is 14.3. The predicted molar refractivity (Wildman–Crippen MR) is 106 cm³/mol. The van der Waals surface area contributed by atoms with Crippen molar-refractivity contribution in [3.05, 3.63) is 68.9 Å². The largest absolute Gasteiger partial charge is 0.403 e. The maximum Gasteiger partial charge on any atom is 0.332 e. The average Bonchev–Trinajstić information content (AvgIpc) is 3.18. The van der Waals surface area contributed by atoms with Crippen LogP contribution in [0, 0.1) is 24.0 Å². The van der Waals surface area contributed by atoms with Gasteiger partial charge in [0.15, 0.2) is 0 Å². The maximum atomic E-state index is 12.8. The molecule has 0 bridgehead atoms. The van der Waals surface area contributed by atoms with Crippen molar-refractivity contribution in [3.8, 4) is 0 Å². The van der Waals surface area contributed by atoms with Crippen LogP contribution in [-0.4, -0.2) is 44.6 Å². The summed E-state index contributed by atoms with van der Waals surface area (Å²) >= 11 is 0. The summed E-state index contributed by atoms with van der Waals surface area (Å²) in [7, 11) is 0. The van der Waals surface area contributed by atoms with Gasteiger partial charge in [-0.2, -0.15) is 0 Å². The summed E-state index contributed by atoms with van der Waals surface area (Å²) < 4.78 is 5.07. The smallest absolute Gasteiger partial charge is 0.332 e. The minimum absolute atomic E-state index is 0.0771. The van der Waals surface area contributed by atoms with E-state index >= 15 is 0 Å². The molecule has 30 heavy (non-hydrogen) atoms. The number of carbonyl (C=O) groups is 2. The zero-order valence-electron chi connectivity index (χ0n) is 16.4. The van der Waals surface area contributed by atoms with Gasteiger partial charge >= 0.3 is 6.03 Å². The van der Waals surface area contributed by atoms with Crippen LogP contribution in [0.1, 0.15) is 22.6 Å². The Kier molecular flexibility index (Phi) is 5.90. The van der Waals surface area contributed by atoms with E-state index in [1.165, 1.54) is 23.2 Å². The number of allylic oxidation sites excluding steroid dienone is 1. The van der Waals surface area contributed by atoms with Gasteiger partial charge in [-0.25, -0.2) is 9.69 Å². The molecule has 0 unspecified atom stereocenters. The Labute approximate surface area is 171 Å². The zero-order valence-corrected chi connectivity index (χ0v) is 16.4. The van der Waals surface area contributed by atoms with Gasteiger partial charge in [0.25, 0.3) is 11.6 Å². The number of benzene rings is 1. The first-order valence-electron chi connectivity index (χ1n) is 9.01. The molecule has 1 fully saturated rings. The molecule has 1 aliphatic heterocycles. The number of para-hydroxylation sites is 1. The second-order valence-electron chi connectivity index (χ2n) is 6.62. The molecule has 0 spiro atoms. The molecule has 1 saturated heterocycles. The maximum absolute atomic E-state index is 12.8. The van der Waals surface area contributed by atoms with E-state index in [2.05, 4.69) is 10.1 Å². The summed E-state index contributed by atoms with van der Waals surface area (Å²) in [5.74, 6) is 0.131. The quantitative estimate of drug-likeness (QED) is 0.316. The molecular formula is C19H20N6O5. The first kappa shape index (κ1) is 20.7. The highest BCUT2D eigenvalue weighted by molar-refractivity contribution is 6.07. The van der Waals surface area contributed by atoms with E-state index in [4.69, 9.17) is 10.3 Å². The van der Waals surface area contributed by atoms with Crippen molar-refractivity contribution in [2.75, 3.05) is 6.54 Å².